The van der Waals surface area contributed by atoms with Crippen LogP contribution in [0.2, 0.25) is 0 Å². The third-order valence-corrected chi connectivity index (χ3v) is 0.910. The Hall–Kier alpha value is -0.600. The van der Waals surface area contributed by atoms with Crippen LogP contribution in [-0.4, -0.2) is 16.4 Å². The molecule has 0 saturated heterocycles. The average molecular weight is 144 g/mol. The number of rotatable bonds is 1. The van der Waals surface area contributed by atoms with Gasteiger partial charge in [-0.15, -0.1) is 0 Å². The van der Waals surface area contributed by atoms with E-state index in [9.17, 15) is 5.21 Å². The van der Waals surface area contributed by atoms with Crippen LogP contribution in [0.5, 0.6) is 0 Å². The minimum absolute atomic E-state index is 0.0803. The fourth-order valence-electron chi connectivity index (χ4n) is 0.383. The van der Waals surface area contributed by atoms with E-state index in [1.165, 1.54) is 0 Å². The first kappa shape index (κ1) is 9.40. The lowest BCUT2D eigenvalue weighted by atomic mass is 10.1. The summed E-state index contributed by atoms with van der Waals surface area (Å²) >= 11 is 0. The molecule has 0 aliphatic heterocycles. The van der Waals surface area contributed by atoms with Crippen molar-refractivity contribution >= 4 is 0 Å². The number of nitrogens with zero attached hydrogens (tertiary/aromatic N) is 2. The fraction of sp³-hybridized carbons (Fsp3) is 1.00. The molecule has 0 heterocycles. The van der Waals surface area contributed by atoms with E-state index in [0.717, 1.165) is 4.86 Å². The molecule has 0 bridgehead atoms. The van der Waals surface area contributed by atoms with Crippen molar-refractivity contribution in [1.29, 1.82) is 0 Å². The normalized spacial score (nSPS) is 14.4. The first-order valence-electron chi connectivity index (χ1n) is 3.52. The van der Waals surface area contributed by atoms with E-state index < -0.39 is 5.54 Å². The molecule has 0 radical (unpaired) electrons. The van der Waals surface area contributed by atoms with Crippen LogP contribution >= 0.6 is 0 Å². The molecule has 0 atom stereocenters. The lowest BCUT2D eigenvalue weighted by Crippen LogP contribution is -2.28. The molecular weight excluding hydrogens is 128 g/mol. The zero-order chi connectivity index (χ0) is 8.36. The average Bonchev–Trinajstić information content (AvgIpc) is 1.60. The van der Waals surface area contributed by atoms with Gasteiger partial charge in [-0.2, -0.15) is 0 Å². The molecule has 0 aliphatic carbocycles. The van der Waals surface area contributed by atoms with Crippen LogP contribution in [-0.2, 0) is 0 Å². The molecule has 0 unspecified atom stereocenters. The molecule has 0 N–H and O–H groups in total. The highest BCUT2D eigenvalue weighted by molar-refractivity contribution is 4.55. The Balaban J connectivity index is 4.20. The summed E-state index contributed by atoms with van der Waals surface area (Å²) in [4.78, 5) is 0.762. The minimum atomic E-state index is -0.399. The van der Waals surface area contributed by atoms with Gasteiger partial charge in [0, 0.05) is 20.8 Å². The Morgan fingerprint density at radius 3 is 1.80 bits per heavy atom. The van der Waals surface area contributed by atoms with Gasteiger partial charge >= 0.3 is 0 Å². The monoisotopic (exact) mass is 144 g/mol. The van der Waals surface area contributed by atoms with Crippen molar-refractivity contribution in [3.8, 4) is 0 Å². The molecule has 60 valence electrons. The first-order valence-corrected chi connectivity index (χ1v) is 3.52. The van der Waals surface area contributed by atoms with E-state index >= 15 is 0 Å². The zero-order valence-corrected chi connectivity index (χ0v) is 7.38. The predicted octanol–water partition coefficient (Wildman–Crippen LogP) is 2.16. The van der Waals surface area contributed by atoms with Crippen LogP contribution in [0.15, 0.2) is 5.11 Å². The van der Waals surface area contributed by atoms with Crippen LogP contribution in [0.25, 0.3) is 0 Å². The summed E-state index contributed by atoms with van der Waals surface area (Å²) in [5.41, 5.74) is -0.399. The van der Waals surface area contributed by atoms with Crippen molar-refractivity contribution in [3.63, 3.8) is 0 Å². The van der Waals surface area contributed by atoms with Gasteiger partial charge in [0.1, 0.15) is 6.04 Å². The summed E-state index contributed by atoms with van der Waals surface area (Å²) in [6.07, 6.45) is 0. The Kier molecular flexibility index (Phi) is 2.81. The molecular formula is C7H16N2O. The summed E-state index contributed by atoms with van der Waals surface area (Å²) in [7, 11) is 0. The maximum absolute atomic E-state index is 11.0. The predicted molar refractivity (Wildman–Crippen MR) is 40.9 cm³/mol. The van der Waals surface area contributed by atoms with Gasteiger partial charge in [-0.3, -0.25) is 0 Å². The van der Waals surface area contributed by atoms with Gasteiger partial charge in [-0.1, -0.05) is 4.86 Å². The van der Waals surface area contributed by atoms with E-state index in [0.29, 0.717) is 0 Å². The molecule has 0 aromatic carbocycles. The van der Waals surface area contributed by atoms with Crippen LogP contribution in [0.4, 0.5) is 0 Å². The molecule has 3 nitrogen and oxygen atoms in total. The van der Waals surface area contributed by atoms with Crippen LogP contribution in [0.1, 0.15) is 34.6 Å². The smallest absolute Gasteiger partial charge is 0.190 e. The van der Waals surface area contributed by atoms with Crippen molar-refractivity contribution in [2.75, 3.05) is 0 Å². The number of hydrogen-bond acceptors (Lipinski definition) is 2. The summed E-state index contributed by atoms with van der Waals surface area (Å²) in [6.45, 7) is 9.29. The summed E-state index contributed by atoms with van der Waals surface area (Å²) < 4.78 is 0. The van der Waals surface area contributed by atoms with Gasteiger partial charge in [0.2, 0.25) is 0 Å². The number of azo groups is 1. The maximum Gasteiger partial charge on any atom is 0.190 e. The molecule has 0 rings (SSSR count). The Labute approximate surface area is 62.3 Å². The lowest BCUT2D eigenvalue weighted by molar-refractivity contribution is -0.601. The standard InChI is InChI=1S/C7H16N2O/c1-6(2)8-9(10)7(3,4)5/h6H,1-5H3. The van der Waals surface area contributed by atoms with Gasteiger partial charge < -0.3 is 5.21 Å². The second kappa shape index (κ2) is 2.99. The molecule has 0 fully saturated rings. The largest absolute Gasteiger partial charge is 0.600 e. The fourth-order valence-corrected chi connectivity index (χ4v) is 0.383. The highest BCUT2D eigenvalue weighted by Gasteiger charge is 2.20. The molecule has 0 aromatic rings. The Morgan fingerprint density at radius 1 is 1.30 bits per heavy atom. The van der Waals surface area contributed by atoms with Crippen LogP contribution in [0, 0.1) is 5.21 Å². The zero-order valence-electron chi connectivity index (χ0n) is 7.38. The molecule has 0 aromatic heterocycles. The first-order chi connectivity index (χ1) is 4.34. The van der Waals surface area contributed by atoms with Gasteiger partial charge in [-0.25, -0.2) is 0 Å². The molecule has 0 amide bonds. The summed E-state index contributed by atoms with van der Waals surface area (Å²) in [5, 5.41) is 14.9. The molecule has 0 spiro atoms. The number of hydroxylamine groups is 1. The SMILES string of the molecule is CC(C)N=[N+]([O-])C(C)(C)C. The molecule has 0 saturated carbocycles. The maximum atomic E-state index is 11.0. The summed E-state index contributed by atoms with van der Waals surface area (Å²) in [5.74, 6) is 0. The highest BCUT2D eigenvalue weighted by atomic mass is 16.5. The van der Waals surface area contributed by atoms with E-state index in [4.69, 9.17) is 0 Å². The molecule has 3 heteroatoms. The van der Waals surface area contributed by atoms with Crippen LogP contribution in [0.3, 0.4) is 0 Å². The van der Waals surface area contributed by atoms with E-state index in [-0.39, 0.29) is 6.04 Å². The highest BCUT2D eigenvalue weighted by Crippen LogP contribution is 2.06. The third kappa shape index (κ3) is 3.43. The van der Waals surface area contributed by atoms with Crippen LogP contribution < -0.4 is 0 Å². The quantitative estimate of drug-likeness (QED) is 0.315. The second-order valence-electron chi connectivity index (χ2n) is 3.65. The van der Waals surface area contributed by atoms with Gasteiger partial charge in [0.15, 0.2) is 5.54 Å². The molecule has 10 heavy (non-hydrogen) atoms. The second-order valence-corrected chi connectivity index (χ2v) is 3.65. The van der Waals surface area contributed by atoms with Gasteiger partial charge in [-0.05, 0) is 19.0 Å². The van der Waals surface area contributed by atoms with Crippen molar-refractivity contribution < 1.29 is 4.86 Å². The Bertz CT molecular complexity index is 133. The summed E-state index contributed by atoms with van der Waals surface area (Å²) in [6, 6.07) is 0.0803. The number of hydrogen-bond donors (Lipinski definition) is 0. The topological polar surface area (TPSA) is 38.4 Å². The third-order valence-electron chi connectivity index (χ3n) is 0.910. The van der Waals surface area contributed by atoms with E-state index in [2.05, 4.69) is 5.11 Å². The van der Waals surface area contributed by atoms with Gasteiger partial charge in [0.05, 0.1) is 0 Å². The van der Waals surface area contributed by atoms with E-state index in [1.54, 1.807) is 0 Å². The van der Waals surface area contributed by atoms with Crippen molar-refractivity contribution in [1.82, 2.24) is 0 Å². The molecule has 0 aliphatic rings. The van der Waals surface area contributed by atoms with Crippen molar-refractivity contribution in [3.05, 3.63) is 5.21 Å². The van der Waals surface area contributed by atoms with Crippen molar-refractivity contribution in [2.24, 2.45) is 5.11 Å². The van der Waals surface area contributed by atoms with Crippen molar-refractivity contribution in [2.45, 2.75) is 46.2 Å². The Morgan fingerprint density at radius 2 is 1.70 bits per heavy atom. The van der Waals surface area contributed by atoms with Gasteiger partial charge in [0.25, 0.3) is 0 Å². The minimum Gasteiger partial charge on any atom is -0.600 e. The van der Waals surface area contributed by atoms with E-state index in [1.807, 2.05) is 34.6 Å². The lowest BCUT2D eigenvalue weighted by Gasteiger charge is -2.15.